The van der Waals surface area contributed by atoms with Crippen LogP contribution < -0.4 is 15.8 Å². The molecule has 9 nitrogen and oxygen atoms in total. The lowest BCUT2D eigenvalue weighted by Gasteiger charge is -2.19. The van der Waals surface area contributed by atoms with Gasteiger partial charge in [0.05, 0.1) is 16.9 Å². The lowest BCUT2D eigenvalue weighted by atomic mass is 10.1. The van der Waals surface area contributed by atoms with E-state index in [1.165, 1.54) is 12.1 Å². The van der Waals surface area contributed by atoms with E-state index in [1.807, 2.05) is 32.0 Å². The molecule has 1 atom stereocenters. The van der Waals surface area contributed by atoms with Crippen LogP contribution in [0.3, 0.4) is 0 Å². The average molecular weight is 425 g/mol. The van der Waals surface area contributed by atoms with Gasteiger partial charge in [0.15, 0.2) is 0 Å². The number of aryl methyl sites for hydroxylation is 1. The molecule has 0 fully saturated rings. The SMILES string of the molecule is CC[C@@H](COc1cccc2nc(C)cc(N)c12)NC(=O)c1cc(O)cc(O)c1.O=C=O. The average Bonchev–Trinajstić information content (AvgIpc) is 2.70. The number of aromatic nitrogens is 1. The van der Waals surface area contributed by atoms with E-state index in [0.29, 0.717) is 17.9 Å². The van der Waals surface area contributed by atoms with Crippen LogP contribution in [0, 0.1) is 6.92 Å². The number of carbonyl (C=O) groups is 1. The summed E-state index contributed by atoms with van der Waals surface area (Å²) in [6, 6.07) is 10.8. The van der Waals surface area contributed by atoms with Gasteiger partial charge in [0, 0.05) is 23.0 Å². The molecule has 9 heteroatoms. The van der Waals surface area contributed by atoms with Crippen molar-refractivity contribution in [2.24, 2.45) is 0 Å². The van der Waals surface area contributed by atoms with Crippen molar-refractivity contribution < 1.29 is 29.3 Å². The molecule has 0 radical (unpaired) electrons. The van der Waals surface area contributed by atoms with Gasteiger partial charge in [-0.15, -0.1) is 0 Å². The van der Waals surface area contributed by atoms with Crippen molar-refractivity contribution in [1.29, 1.82) is 0 Å². The number of anilines is 1. The number of nitrogens with one attached hydrogen (secondary N) is 1. The number of phenolic OH excluding ortho intramolecular Hbond substituents is 2. The monoisotopic (exact) mass is 425 g/mol. The number of ether oxygens (including phenoxy) is 1. The van der Waals surface area contributed by atoms with Gasteiger partial charge >= 0.3 is 6.15 Å². The van der Waals surface area contributed by atoms with Gasteiger partial charge < -0.3 is 26.0 Å². The van der Waals surface area contributed by atoms with Crippen molar-refractivity contribution in [1.82, 2.24) is 10.3 Å². The highest BCUT2D eigenvalue weighted by Gasteiger charge is 2.16. The maximum absolute atomic E-state index is 12.4. The zero-order valence-corrected chi connectivity index (χ0v) is 17.1. The first kappa shape index (κ1) is 23.2. The molecule has 31 heavy (non-hydrogen) atoms. The van der Waals surface area contributed by atoms with E-state index in [4.69, 9.17) is 20.1 Å². The molecule has 3 aromatic rings. The Balaban J connectivity index is 0.00000107. The van der Waals surface area contributed by atoms with Gasteiger partial charge in [-0.25, -0.2) is 0 Å². The molecule has 2 aromatic carbocycles. The van der Waals surface area contributed by atoms with Crippen molar-refractivity contribution >= 4 is 28.6 Å². The first-order valence-electron chi connectivity index (χ1n) is 9.40. The molecule has 0 aliphatic rings. The fourth-order valence-electron chi connectivity index (χ4n) is 2.99. The number of phenols is 2. The molecule has 0 bridgehead atoms. The maximum Gasteiger partial charge on any atom is 0.373 e. The minimum atomic E-state index is -0.406. The summed E-state index contributed by atoms with van der Waals surface area (Å²) >= 11 is 0. The van der Waals surface area contributed by atoms with Crippen molar-refractivity contribution in [3.63, 3.8) is 0 Å². The van der Waals surface area contributed by atoms with Gasteiger partial charge in [-0.1, -0.05) is 13.0 Å². The molecule has 1 aromatic heterocycles. The van der Waals surface area contributed by atoms with E-state index >= 15 is 0 Å². The largest absolute Gasteiger partial charge is 0.508 e. The smallest absolute Gasteiger partial charge is 0.373 e. The summed E-state index contributed by atoms with van der Waals surface area (Å²) in [6.45, 7) is 4.04. The van der Waals surface area contributed by atoms with E-state index < -0.39 is 5.91 Å². The van der Waals surface area contributed by atoms with E-state index in [2.05, 4.69) is 10.3 Å². The number of aromatic hydroxyl groups is 2. The molecule has 162 valence electrons. The second kappa shape index (κ2) is 10.6. The third-order valence-corrected chi connectivity index (χ3v) is 4.39. The normalized spacial score (nSPS) is 11.0. The summed E-state index contributed by atoms with van der Waals surface area (Å²) in [5.41, 5.74) is 8.49. The zero-order chi connectivity index (χ0) is 23.0. The molecule has 1 heterocycles. The first-order chi connectivity index (χ1) is 14.8. The van der Waals surface area contributed by atoms with Crippen molar-refractivity contribution in [3.05, 3.63) is 53.7 Å². The van der Waals surface area contributed by atoms with Crippen LogP contribution in [0.5, 0.6) is 17.2 Å². The Labute approximate surface area is 178 Å². The Bertz CT molecular complexity index is 1090. The van der Waals surface area contributed by atoms with Crippen LogP contribution in [0.25, 0.3) is 10.9 Å². The molecule has 5 N–H and O–H groups in total. The summed E-state index contributed by atoms with van der Waals surface area (Å²) in [4.78, 5) is 33.1. The molecule has 0 aliphatic carbocycles. The van der Waals surface area contributed by atoms with E-state index in [-0.39, 0.29) is 35.9 Å². The number of hydrogen-bond donors (Lipinski definition) is 4. The number of nitrogen functional groups attached to an aromatic ring is 1. The topological polar surface area (TPSA) is 152 Å². The molecule has 0 aliphatic heterocycles. The van der Waals surface area contributed by atoms with Gasteiger partial charge in [0.25, 0.3) is 5.91 Å². The molecular weight excluding hydrogens is 402 g/mol. The molecule has 0 spiro atoms. The van der Waals surface area contributed by atoms with Crippen molar-refractivity contribution in [2.45, 2.75) is 26.3 Å². The lowest BCUT2D eigenvalue weighted by molar-refractivity contribution is -0.191. The Morgan fingerprint density at radius 2 is 1.84 bits per heavy atom. The predicted molar refractivity (Wildman–Crippen MR) is 113 cm³/mol. The summed E-state index contributed by atoms with van der Waals surface area (Å²) in [6.07, 6.45) is 0.883. The van der Waals surface area contributed by atoms with Crippen LogP contribution >= 0.6 is 0 Å². The lowest BCUT2D eigenvalue weighted by Crippen LogP contribution is -2.38. The fraction of sp³-hybridized carbons (Fsp3) is 0.227. The van der Waals surface area contributed by atoms with Crippen molar-refractivity contribution in [3.8, 4) is 17.2 Å². The zero-order valence-electron chi connectivity index (χ0n) is 17.1. The Morgan fingerprint density at radius 1 is 1.19 bits per heavy atom. The van der Waals surface area contributed by atoms with Crippen molar-refractivity contribution in [2.75, 3.05) is 12.3 Å². The van der Waals surface area contributed by atoms with Crippen LogP contribution in [0.4, 0.5) is 5.69 Å². The molecule has 3 rings (SSSR count). The van der Waals surface area contributed by atoms with Gasteiger partial charge in [0.1, 0.15) is 23.9 Å². The molecule has 0 saturated heterocycles. The number of benzene rings is 2. The number of rotatable bonds is 6. The van der Waals surface area contributed by atoms with Crippen LogP contribution in [-0.2, 0) is 9.59 Å². The number of amides is 1. The Kier molecular flexibility index (Phi) is 7.94. The van der Waals surface area contributed by atoms with Crippen LogP contribution in [0.15, 0.2) is 42.5 Å². The van der Waals surface area contributed by atoms with Gasteiger partial charge in [-0.05, 0) is 43.7 Å². The number of nitrogens with zero attached hydrogens (tertiary/aromatic N) is 1. The number of nitrogens with two attached hydrogens (primary N) is 1. The Morgan fingerprint density at radius 3 is 2.45 bits per heavy atom. The summed E-state index contributed by atoms with van der Waals surface area (Å²) in [5, 5.41) is 22.7. The van der Waals surface area contributed by atoms with Gasteiger partial charge in [-0.3, -0.25) is 9.78 Å². The molecule has 1 amide bonds. The predicted octanol–water partition coefficient (Wildman–Crippen LogP) is 2.54. The molecule has 0 unspecified atom stereocenters. The summed E-state index contributed by atoms with van der Waals surface area (Å²) in [7, 11) is 0. The summed E-state index contributed by atoms with van der Waals surface area (Å²) in [5.74, 6) is -0.159. The number of fused-ring (bicyclic) bond motifs is 1. The minimum Gasteiger partial charge on any atom is -0.508 e. The fourth-order valence-corrected chi connectivity index (χ4v) is 2.99. The molecular formula is C22H23N3O6. The van der Waals surface area contributed by atoms with E-state index in [0.717, 1.165) is 22.7 Å². The number of pyridine rings is 1. The van der Waals surface area contributed by atoms with Gasteiger partial charge in [0.2, 0.25) is 0 Å². The third kappa shape index (κ3) is 6.19. The van der Waals surface area contributed by atoms with Crippen LogP contribution in [0.1, 0.15) is 29.4 Å². The second-order valence-corrected chi connectivity index (χ2v) is 6.71. The van der Waals surface area contributed by atoms with E-state index in [1.54, 1.807) is 6.07 Å². The number of hydrogen-bond acceptors (Lipinski definition) is 8. The van der Waals surface area contributed by atoms with Crippen LogP contribution in [0.2, 0.25) is 0 Å². The highest BCUT2D eigenvalue weighted by molar-refractivity contribution is 5.96. The highest BCUT2D eigenvalue weighted by Crippen LogP contribution is 2.30. The summed E-state index contributed by atoms with van der Waals surface area (Å²) < 4.78 is 5.94. The van der Waals surface area contributed by atoms with Crippen LogP contribution in [-0.4, -0.2) is 39.9 Å². The Hall–Kier alpha value is -4.10. The second-order valence-electron chi connectivity index (χ2n) is 6.71. The standard InChI is InChI=1S/C21H23N3O4.CO2/c1-3-14(24-21(27)13-8-15(25)10-16(26)9-13)11-28-19-6-4-5-18-20(19)17(22)7-12(2)23-18;2-1-3/h4-10,14,25-26H,3,11H2,1-2H3,(H2,22,23)(H,24,27);/t14-;/m0./s1. The third-order valence-electron chi connectivity index (χ3n) is 4.39. The van der Waals surface area contributed by atoms with Gasteiger partial charge in [-0.2, -0.15) is 9.59 Å². The highest BCUT2D eigenvalue weighted by atomic mass is 16.5. The van der Waals surface area contributed by atoms with E-state index in [9.17, 15) is 15.0 Å². The molecule has 0 saturated carbocycles. The maximum atomic E-state index is 12.4. The minimum absolute atomic E-state index is 0.171. The quantitative estimate of drug-likeness (QED) is 0.470. The first-order valence-corrected chi connectivity index (χ1v) is 9.40. The number of carbonyl (C=O) groups excluding carboxylic acids is 3.